The first-order chi connectivity index (χ1) is 7.20. The molecular weight excluding hydrogens is 190 g/mol. The molecule has 0 bridgehead atoms. The van der Waals surface area contributed by atoms with Gasteiger partial charge in [-0.15, -0.1) is 12.3 Å². The Morgan fingerprint density at radius 3 is 2.47 bits per heavy atom. The van der Waals surface area contributed by atoms with Gasteiger partial charge in [0.05, 0.1) is 6.04 Å². The van der Waals surface area contributed by atoms with E-state index in [1.165, 1.54) is 4.90 Å². The smallest absolute Gasteiger partial charge is 0.229 e. The maximum atomic E-state index is 11.5. The van der Waals surface area contributed by atoms with Gasteiger partial charge >= 0.3 is 0 Å². The normalized spacial score (nSPS) is 18.0. The van der Waals surface area contributed by atoms with Crippen molar-refractivity contribution in [1.29, 1.82) is 0 Å². The Bertz CT molecular complexity index is 274. The number of imide groups is 1. The maximum absolute atomic E-state index is 11.5. The highest BCUT2D eigenvalue weighted by molar-refractivity contribution is 6.02. The molecule has 2 amide bonds. The van der Waals surface area contributed by atoms with Crippen molar-refractivity contribution in [2.75, 3.05) is 0 Å². The molecule has 1 aliphatic heterocycles. The van der Waals surface area contributed by atoms with Crippen molar-refractivity contribution in [1.82, 2.24) is 4.90 Å². The summed E-state index contributed by atoms with van der Waals surface area (Å²) in [6.07, 6.45) is 9.34. The van der Waals surface area contributed by atoms with E-state index in [1.807, 2.05) is 0 Å². The summed E-state index contributed by atoms with van der Waals surface area (Å²) < 4.78 is 0. The van der Waals surface area contributed by atoms with Crippen molar-refractivity contribution in [2.24, 2.45) is 0 Å². The SMILES string of the molecule is C#CC[C@@H](CCCC)N1C(=O)CCC1=O. The van der Waals surface area contributed by atoms with Gasteiger partial charge in [0, 0.05) is 19.3 Å². The summed E-state index contributed by atoms with van der Waals surface area (Å²) in [6, 6.07) is -0.0718. The number of unbranched alkanes of at least 4 members (excludes halogenated alkanes) is 1. The Balaban J connectivity index is 2.65. The van der Waals surface area contributed by atoms with Crippen molar-refractivity contribution in [3.05, 3.63) is 0 Å². The van der Waals surface area contributed by atoms with Crippen LogP contribution in [0, 0.1) is 12.3 Å². The fraction of sp³-hybridized carbons (Fsp3) is 0.667. The number of nitrogens with zero attached hydrogens (tertiary/aromatic N) is 1. The summed E-state index contributed by atoms with van der Waals surface area (Å²) in [5.41, 5.74) is 0. The van der Waals surface area contributed by atoms with Crippen LogP contribution in [0.1, 0.15) is 45.4 Å². The Kier molecular flexibility index (Phi) is 4.36. The lowest BCUT2D eigenvalue weighted by Crippen LogP contribution is -2.39. The first kappa shape index (κ1) is 11.8. The van der Waals surface area contributed by atoms with E-state index in [0.29, 0.717) is 19.3 Å². The van der Waals surface area contributed by atoms with Crippen LogP contribution in [-0.4, -0.2) is 22.8 Å². The first-order valence-corrected chi connectivity index (χ1v) is 5.49. The van der Waals surface area contributed by atoms with Crippen molar-refractivity contribution >= 4 is 11.8 Å². The predicted molar refractivity (Wildman–Crippen MR) is 57.9 cm³/mol. The molecule has 0 radical (unpaired) electrons. The fourth-order valence-corrected chi connectivity index (χ4v) is 1.90. The molecule has 1 saturated heterocycles. The van der Waals surface area contributed by atoms with Gasteiger partial charge in [-0.2, -0.15) is 0 Å². The number of carbonyl (C=O) groups excluding carboxylic acids is 2. The Morgan fingerprint density at radius 2 is 2.00 bits per heavy atom. The Hall–Kier alpha value is -1.30. The van der Waals surface area contributed by atoms with Crippen LogP contribution in [0.5, 0.6) is 0 Å². The second-order valence-electron chi connectivity index (χ2n) is 3.86. The molecule has 1 aliphatic rings. The molecule has 1 atom stereocenters. The second kappa shape index (κ2) is 5.55. The van der Waals surface area contributed by atoms with E-state index in [0.717, 1.165) is 19.3 Å². The Labute approximate surface area is 90.8 Å². The zero-order valence-corrected chi connectivity index (χ0v) is 9.16. The van der Waals surface area contributed by atoms with Gasteiger partial charge in [-0.25, -0.2) is 0 Å². The third-order valence-electron chi connectivity index (χ3n) is 2.70. The number of terminal acetylenes is 1. The standard InChI is InChI=1S/C12H17NO2/c1-3-5-7-10(6-4-2)13-11(14)8-9-12(13)15/h2,10H,3,5-9H2,1H3/t10-/m0/s1. The summed E-state index contributed by atoms with van der Waals surface area (Å²) in [6.45, 7) is 2.08. The van der Waals surface area contributed by atoms with Crippen molar-refractivity contribution in [3.8, 4) is 12.3 Å². The van der Waals surface area contributed by atoms with Crippen LogP contribution < -0.4 is 0 Å². The van der Waals surface area contributed by atoms with Gasteiger partial charge in [0.15, 0.2) is 0 Å². The van der Waals surface area contributed by atoms with Gasteiger partial charge in [-0.1, -0.05) is 19.8 Å². The summed E-state index contributed by atoms with van der Waals surface area (Å²) in [5, 5.41) is 0. The molecule has 3 heteroatoms. The Morgan fingerprint density at radius 1 is 1.40 bits per heavy atom. The van der Waals surface area contributed by atoms with Gasteiger partial charge in [0.1, 0.15) is 0 Å². The van der Waals surface area contributed by atoms with E-state index < -0.39 is 0 Å². The van der Waals surface area contributed by atoms with Crippen LogP contribution in [-0.2, 0) is 9.59 Å². The van der Waals surface area contributed by atoms with E-state index in [2.05, 4.69) is 12.8 Å². The molecule has 1 heterocycles. The van der Waals surface area contributed by atoms with Crippen molar-refractivity contribution in [2.45, 2.75) is 51.5 Å². The molecule has 82 valence electrons. The summed E-state index contributed by atoms with van der Waals surface area (Å²) in [7, 11) is 0. The predicted octanol–water partition coefficient (Wildman–Crippen LogP) is 1.72. The molecule has 0 aromatic rings. The molecule has 1 fully saturated rings. The molecular formula is C12H17NO2. The number of rotatable bonds is 5. The highest BCUT2D eigenvalue weighted by atomic mass is 16.2. The van der Waals surface area contributed by atoms with Crippen LogP contribution in [0.3, 0.4) is 0 Å². The number of amides is 2. The van der Waals surface area contributed by atoms with Crippen LogP contribution in [0.15, 0.2) is 0 Å². The van der Waals surface area contributed by atoms with Gasteiger partial charge in [0.25, 0.3) is 0 Å². The lowest BCUT2D eigenvalue weighted by Gasteiger charge is -2.24. The van der Waals surface area contributed by atoms with Gasteiger partial charge in [-0.05, 0) is 6.42 Å². The molecule has 3 nitrogen and oxygen atoms in total. The number of likely N-dealkylation sites (tertiary alicyclic amines) is 1. The van der Waals surface area contributed by atoms with Gasteiger partial charge < -0.3 is 0 Å². The number of hydrogen-bond acceptors (Lipinski definition) is 2. The van der Waals surface area contributed by atoms with Crippen LogP contribution in [0.2, 0.25) is 0 Å². The minimum Gasteiger partial charge on any atom is -0.279 e. The molecule has 0 N–H and O–H groups in total. The molecule has 0 spiro atoms. The van der Waals surface area contributed by atoms with E-state index in [-0.39, 0.29) is 17.9 Å². The summed E-state index contributed by atoms with van der Waals surface area (Å²) in [5.74, 6) is 2.43. The minimum atomic E-state index is -0.0718. The summed E-state index contributed by atoms with van der Waals surface area (Å²) >= 11 is 0. The number of carbonyl (C=O) groups is 2. The molecule has 0 saturated carbocycles. The second-order valence-corrected chi connectivity index (χ2v) is 3.86. The molecule has 0 aromatic heterocycles. The monoisotopic (exact) mass is 207 g/mol. The van der Waals surface area contributed by atoms with Crippen LogP contribution in [0.25, 0.3) is 0 Å². The highest BCUT2D eigenvalue weighted by Crippen LogP contribution is 2.20. The lowest BCUT2D eigenvalue weighted by atomic mass is 10.1. The van der Waals surface area contributed by atoms with Crippen molar-refractivity contribution < 1.29 is 9.59 Å². The lowest BCUT2D eigenvalue weighted by molar-refractivity contribution is -0.141. The quantitative estimate of drug-likeness (QED) is 0.508. The summed E-state index contributed by atoms with van der Waals surface area (Å²) in [4.78, 5) is 24.4. The van der Waals surface area contributed by atoms with Crippen LogP contribution >= 0.6 is 0 Å². The van der Waals surface area contributed by atoms with Gasteiger partial charge in [-0.3, -0.25) is 14.5 Å². The molecule has 0 unspecified atom stereocenters. The molecule has 1 rings (SSSR count). The molecule has 0 aliphatic carbocycles. The minimum absolute atomic E-state index is 0.0589. The molecule has 15 heavy (non-hydrogen) atoms. The third-order valence-corrected chi connectivity index (χ3v) is 2.70. The van der Waals surface area contributed by atoms with Crippen molar-refractivity contribution in [3.63, 3.8) is 0 Å². The van der Waals surface area contributed by atoms with Crippen LogP contribution in [0.4, 0.5) is 0 Å². The van der Waals surface area contributed by atoms with E-state index >= 15 is 0 Å². The average molecular weight is 207 g/mol. The zero-order chi connectivity index (χ0) is 11.3. The number of hydrogen-bond donors (Lipinski definition) is 0. The maximum Gasteiger partial charge on any atom is 0.229 e. The highest BCUT2D eigenvalue weighted by Gasteiger charge is 2.33. The van der Waals surface area contributed by atoms with E-state index in [1.54, 1.807) is 0 Å². The van der Waals surface area contributed by atoms with E-state index in [9.17, 15) is 9.59 Å². The van der Waals surface area contributed by atoms with E-state index in [4.69, 9.17) is 6.42 Å². The zero-order valence-electron chi connectivity index (χ0n) is 9.16. The topological polar surface area (TPSA) is 37.4 Å². The van der Waals surface area contributed by atoms with Gasteiger partial charge in [0.2, 0.25) is 11.8 Å². The third kappa shape index (κ3) is 2.82. The average Bonchev–Trinajstić information content (AvgIpc) is 2.54. The molecule has 0 aromatic carbocycles. The largest absolute Gasteiger partial charge is 0.279 e. The fourth-order valence-electron chi connectivity index (χ4n) is 1.90. The first-order valence-electron chi connectivity index (χ1n) is 5.49.